The number of carbonyl (C=O) groups is 1. The molecule has 0 aliphatic carbocycles. The van der Waals surface area contributed by atoms with Crippen LogP contribution in [0.2, 0.25) is 0 Å². The molecule has 2 rings (SSSR count). The van der Waals surface area contributed by atoms with E-state index in [1.807, 2.05) is 0 Å². The third-order valence-electron chi connectivity index (χ3n) is 3.80. The summed E-state index contributed by atoms with van der Waals surface area (Å²) in [5.74, 6) is -1.34. The Bertz CT molecular complexity index is 536. The molecule has 2 N–H and O–H groups in total. The van der Waals surface area contributed by atoms with Gasteiger partial charge < -0.3 is 10.6 Å². The van der Waals surface area contributed by atoms with Crippen LogP contribution in [0.5, 0.6) is 0 Å². The first-order valence-electron chi connectivity index (χ1n) is 6.61. The molecule has 1 aliphatic rings. The highest BCUT2D eigenvalue weighted by Crippen LogP contribution is 2.33. The molecule has 0 bridgehead atoms. The van der Waals surface area contributed by atoms with Gasteiger partial charge in [-0.25, -0.2) is 4.39 Å². The maximum atomic E-state index is 13.6. The molecule has 3 nitrogen and oxygen atoms in total. The second kappa shape index (κ2) is 5.63. The van der Waals surface area contributed by atoms with Gasteiger partial charge in [0.15, 0.2) is 0 Å². The van der Waals surface area contributed by atoms with Gasteiger partial charge in [-0.3, -0.25) is 4.79 Å². The van der Waals surface area contributed by atoms with Crippen molar-refractivity contribution in [2.75, 3.05) is 18.4 Å². The Kier molecular flexibility index (Phi) is 4.22. The van der Waals surface area contributed by atoms with Crippen LogP contribution in [0.15, 0.2) is 18.2 Å². The molecular formula is C14H16F4N2O. The van der Waals surface area contributed by atoms with Gasteiger partial charge in [0.1, 0.15) is 5.82 Å². The van der Waals surface area contributed by atoms with Crippen molar-refractivity contribution in [1.29, 1.82) is 0 Å². The number of anilines is 1. The Hall–Kier alpha value is -1.63. The SMILES string of the molecule is CC1(C(=O)Nc2cc(C(F)(F)F)ccc2F)CCNCC1. The molecule has 1 fully saturated rings. The molecule has 1 saturated heterocycles. The lowest BCUT2D eigenvalue weighted by Gasteiger charge is -2.32. The minimum atomic E-state index is -4.58. The Balaban J connectivity index is 2.20. The van der Waals surface area contributed by atoms with Crippen LogP contribution in [0.25, 0.3) is 0 Å². The number of nitrogens with one attached hydrogen (secondary N) is 2. The van der Waals surface area contributed by atoms with Crippen molar-refractivity contribution in [2.24, 2.45) is 5.41 Å². The Morgan fingerprint density at radius 1 is 1.29 bits per heavy atom. The van der Waals surface area contributed by atoms with Crippen LogP contribution in [0.1, 0.15) is 25.3 Å². The molecule has 116 valence electrons. The molecular weight excluding hydrogens is 288 g/mol. The van der Waals surface area contributed by atoms with E-state index in [1.165, 1.54) is 0 Å². The fraction of sp³-hybridized carbons (Fsp3) is 0.500. The minimum Gasteiger partial charge on any atom is -0.323 e. The summed E-state index contributed by atoms with van der Waals surface area (Å²) in [6.45, 7) is 3.03. The fourth-order valence-corrected chi connectivity index (χ4v) is 2.28. The second-order valence-corrected chi connectivity index (χ2v) is 5.46. The molecule has 0 radical (unpaired) electrons. The number of halogens is 4. The van der Waals surface area contributed by atoms with E-state index in [2.05, 4.69) is 10.6 Å². The Labute approximate surface area is 119 Å². The van der Waals surface area contributed by atoms with Crippen molar-refractivity contribution in [3.05, 3.63) is 29.6 Å². The van der Waals surface area contributed by atoms with Crippen molar-refractivity contribution < 1.29 is 22.4 Å². The predicted octanol–water partition coefficient (Wildman–Crippen LogP) is 3.17. The quantitative estimate of drug-likeness (QED) is 0.824. The highest BCUT2D eigenvalue weighted by atomic mass is 19.4. The molecule has 1 aliphatic heterocycles. The maximum Gasteiger partial charge on any atom is 0.416 e. The summed E-state index contributed by atoms with van der Waals surface area (Å²) in [4.78, 5) is 12.2. The number of hydrogen-bond acceptors (Lipinski definition) is 2. The highest BCUT2D eigenvalue weighted by Gasteiger charge is 2.36. The predicted molar refractivity (Wildman–Crippen MR) is 70.2 cm³/mol. The zero-order chi connectivity index (χ0) is 15.7. The van der Waals surface area contributed by atoms with Gasteiger partial charge in [-0.05, 0) is 44.1 Å². The normalized spacial score (nSPS) is 18.3. The van der Waals surface area contributed by atoms with Crippen molar-refractivity contribution in [3.8, 4) is 0 Å². The average Bonchev–Trinajstić information content (AvgIpc) is 2.40. The zero-order valence-corrected chi connectivity index (χ0v) is 11.5. The van der Waals surface area contributed by atoms with Crippen LogP contribution in [0, 0.1) is 11.2 Å². The topological polar surface area (TPSA) is 41.1 Å². The summed E-state index contributed by atoms with van der Waals surface area (Å²) in [5, 5.41) is 5.39. The number of hydrogen-bond donors (Lipinski definition) is 2. The van der Waals surface area contributed by atoms with Gasteiger partial charge >= 0.3 is 6.18 Å². The summed E-state index contributed by atoms with van der Waals surface area (Å²) in [7, 11) is 0. The van der Waals surface area contributed by atoms with E-state index in [1.54, 1.807) is 6.92 Å². The Morgan fingerprint density at radius 3 is 2.48 bits per heavy atom. The van der Waals surface area contributed by atoms with Crippen LogP contribution in [-0.2, 0) is 11.0 Å². The molecule has 1 heterocycles. The molecule has 0 atom stereocenters. The first kappa shape index (κ1) is 15.8. The maximum absolute atomic E-state index is 13.6. The molecule has 1 aromatic rings. The van der Waals surface area contributed by atoms with Crippen LogP contribution in [0.4, 0.5) is 23.2 Å². The largest absolute Gasteiger partial charge is 0.416 e. The standard InChI is InChI=1S/C14H16F4N2O/c1-13(4-6-19-7-5-13)12(21)20-11-8-9(14(16,17)18)2-3-10(11)15/h2-3,8,19H,4-7H2,1H3,(H,20,21). The van der Waals surface area contributed by atoms with Gasteiger partial charge in [0.2, 0.25) is 5.91 Å². The zero-order valence-electron chi connectivity index (χ0n) is 11.5. The lowest BCUT2D eigenvalue weighted by Crippen LogP contribution is -2.43. The smallest absolute Gasteiger partial charge is 0.323 e. The monoisotopic (exact) mass is 304 g/mol. The van der Waals surface area contributed by atoms with E-state index < -0.39 is 34.6 Å². The van der Waals surface area contributed by atoms with Gasteiger partial charge in [-0.2, -0.15) is 13.2 Å². The van der Waals surface area contributed by atoms with Crippen molar-refractivity contribution in [2.45, 2.75) is 25.9 Å². The van der Waals surface area contributed by atoms with Crippen molar-refractivity contribution in [1.82, 2.24) is 5.32 Å². The lowest BCUT2D eigenvalue weighted by atomic mass is 9.80. The van der Waals surface area contributed by atoms with Crippen LogP contribution in [0.3, 0.4) is 0 Å². The summed E-state index contributed by atoms with van der Waals surface area (Å²) in [6.07, 6.45) is -3.47. The van der Waals surface area contributed by atoms with E-state index in [0.29, 0.717) is 44.1 Å². The molecule has 1 amide bonds. The van der Waals surface area contributed by atoms with Gasteiger partial charge in [0.05, 0.1) is 11.3 Å². The fourth-order valence-electron chi connectivity index (χ4n) is 2.28. The number of carbonyl (C=O) groups excluding carboxylic acids is 1. The molecule has 0 unspecified atom stereocenters. The summed E-state index contributed by atoms with van der Waals surface area (Å²) in [6, 6.07) is 1.98. The average molecular weight is 304 g/mol. The van der Waals surface area contributed by atoms with Gasteiger partial charge in [-0.1, -0.05) is 6.92 Å². The molecule has 7 heteroatoms. The number of benzene rings is 1. The highest BCUT2D eigenvalue weighted by molar-refractivity contribution is 5.95. The third kappa shape index (κ3) is 3.53. The number of rotatable bonds is 2. The molecule has 0 spiro atoms. The molecule has 0 aromatic heterocycles. The van der Waals surface area contributed by atoms with Gasteiger partial charge in [0.25, 0.3) is 0 Å². The van der Waals surface area contributed by atoms with E-state index in [9.17, 15) is 22.4 Å². The Morgan fingerprint density at radius 2 is 1.90 bits per heavy atom. The summed E-state index contributed by atoms with van der Waals surface area (Å²) in [5.41, 5.74) is -2.13. The van der Waals surface area contributed by atoms with Crippen molar-refractivity contribution in [3.63, 3.8) is 0 Å². The number of alkyl halides is 3. The van der Waals surface area contributed by atoms with E-state index in [-0.39, 0.29) is 0 Å². The second-order valence-electron chi connectivity index (χ2n) is 5.46. The summed E-state index contributed by atoms with van der Waals surface area (Å²) >= 11 is 0. The first-order chi connectivity index (χ1) is 9.72. The van der Waals surface area contributed by atoms with E-state index in [0.717, 1.165) is 0 Å². The minimum absolute atomic E-state index is 0.436. The number of piperidine rings is 1. The number of amides is 1. The van der Waals surface area contributed by atoms with E-state index >= 15 is 0 Å². The molecule has 0 saturated carbocycles. The first-order valence-corrected chi connectivity index (χ1v) is 6.61. The van der Waals surface area contributed by atoms with Gasteiger partial charge in [0, 0.05) is 5.41 Å². The summed E-state index contributed by atoms with van der Waals surface area (Å²) < 4.78 is 51.5. The molecule has 21 heavy (non-hydrogen) atoms. The van der Waals surface area contributed by atoms with Crippen LogP contribution in [-0.4, -0.2) is 19.0 Å². The van der Waals surface area contributed by atoms with Gasteiger partial charge in [-0.15, -0.1) is 0 Å². The van der Waals surface area contributed by atoms with Crippen LogP contribution >= 0.6 is 0 Å². The third-order valence-corrected chi connectivity index (χ3v) is 3.80. The van der Waals surface area contributed by atoms with E-state index in [4.69, 9.17) is 0 Å². The van der Waals surface area contributed by atoms with Crippen molar-refractivity contribution >= 4 is 11.6 Å². The van der Waals surface area contributed by atoms with Crippen LogP contribution < -0.4 is 10.6 Å². The lowest BCUT2D eigenvalue weighted by molar-refractivity contribution is -0.137. The molecule has 1 aromatic carbocycles.